The molecule has 2 aromatic carbocycles. The number of hydrogen-bond acceptors (Lipinski definition) is 2. The Labute approximate surface area is 145 Å². The Kier molecular flexibility index (Phi) is 3.68. The molecule has 2 N–H and O–H groups in total. The van der Waals surface area contributed by atoms with Crippen LogP contribution >= 0.6 is 0 Å². The number of aromatic nitrogens is 1. The molecule has 0 atom stereocenters. The van der Waals surface area contributed by atoms with E-state index in [1.54, 1.807) is 0 Å². The predicted octanol–water partition coefficient (Wildman–Crippen LogP) is 3.89. The van der Waals surface area contributed by atoms with Gasteiger partial charge in [-0.25, -0.2) is 0 Å². The summed E-state index contributed by atoms with van der Waals surface area (Å²) in [5.74, 6) is -0.147. The topological polar surface area (TPSA) is 62.0 Å². The lowest BCUT2D eigenvalue weighted by Crippen LogP contribution is -2.14. The summed E-state index contributed by atoms with van der Waals surface area (Å²) in [5, 5.41) is 4.00. The smallest absolute Gasteiger partial charge is 0.255 e. The highest BCUT2D eigenvalue weighted by atomic mass is 16.1. The number of amides is 1. The fourth-order valence-corrected chi connectivity index (χ4v) is 3.56. The van der Waals surface area contributed by atoms with Gasteiger partial charge in [-0.05, 0) is 74.1 Å². The Morgan fingerprint density at radius 3 is 2.60 bits per heavy atom. The molecule has 1 heterocycles. The molecule has 126 valence electrons. The standard InChI is InChI=1S/C21H20N2O2/c1-12-6-7-14(10-13(12)2)20(24)22-15-8-9-17-16-4-3-5-18(16)21(25)23-19(17)11-15/h6-11H,3-5H2,1-2H3,(H,22,24)(H,23,25). The van der Waals surface area contributed by atoms with Crippen molar-refractivity contribution in [2.24, 2.45) is 0 Å². The van der Waals surface area contributed by atoms with Gasteiger partial charge in [-0.3, -0.25) is 9.59 Å². The van der Waals surface area contributed by atoms with E-state index in [1.165, 1.54) is 0 Å². The fourth-order valence-electron chi connectivity index (χ4n) is 3.56. The number of carbonyl (C=O) groups is 1. The van der Waals surface area contributed by atoms with Crippen molar-refractivity contribution in [1.82, 2.24) is 4.98 Å². The highest BCUT2D eigenvalue weighted by Crippen LogP contribution is 2.28. The number of H-pyrrole nitrogens is 1. The van der Waals surface area contributed by atoms with Crippen LogP contribution in [0, 0.1) is 13.8 Å². The first-order valence-electron chi connectivity index (χ1n) is 8.59. The van der Waals surface area contributed by atoms with Crippen molar-refractivity contribution in [3.8, 4) is 0 Å². The number of aromatic amines is 1. The predicted molar refractivity (Wildman–Crippen MR) is 100 cm³/mol. The number of nitrogens with one attached hydrogen (secondary N) is 2. The summed E-state index contributed by atoms with van der Waals surface area (Å²) in [5.41, 5.74) is 6.42. The molecule has 1 aliphatic rings. The molecule has 0 bridgehead atoms. The molecule has 0 spiro atoms. The van der Waals surface area contributed by atoms with Gasteiger partial charge in [0, 0.05) is 22.2 Å². The van der Waals surface area contributed by atoms with E-state index in [0.717, 1.165) is 52.4 Å². The number of pyridine rings is 1. The van der Waals surface area contributed by atoms with Crippen LogP contribution in [0.1, 0.15) is 39.0 Å². The minimum Gasteiger partial charge on any atom is -0.322 e. The van der Waals surface area contributed by atoms with Gasteiger partial charge >= 0.3 is 0 Å². The molecule has 0 radical (unpaired) electrons. The maximum absolute atomic E-state index is 12.5. The molecule has 1 aromatic heterocycles. The third-order valence-electron chi connectivity index (χ3n) is 5.11. The van der Waals surface area contributed by atoms with Crippen LogP contribution in [0.15, 0.2) is 41.2 Å². The largest absolute Gasteiger partial charge is 0.322 e. The summed E-state index contributed by atoms with van der Waals surface area (Å²) in [6.07, 6.45) is 2.83. The average Bonchev–Trinajstić information content (AvgIpc) is 3.07. The van der Waals surface area contributed by atoms with E-state index in [9.17, 15) is 9.59 Å². The number of hydrogen-bond donors (Lipinski definition) is 2. The van der Waals surface area contributed by atoms with Crippen molar-refractivity contribution in [3.05, 3.63) is 74.6 Å². The monoisotopic (exact) mass is 332 g/mol. The first-order valence-corrected chi connectivity index (χ1v) is 8.59. The zero-order valence-corrected chi connectivity index (χ0v) is 14.4. The first-order chi connectivity index (χ1) is 12.0. The molecule has 4 rings (SSSR count). The number of rotatable bonds is 2. The maximum atomic E-state index is 12.5. The average molecular weight is 332 g/mol. The second kappa shape index (κ2) is 5.88. The normalized spacial score (nSPS) is 13.0. The van der Waals surface area contributed by atoms with Crippen molar-refractivity contribution < 1.29 is 4.79 Å². The van der Waals surface area contributed by atoms with Gasteiger partial charge < -0.3 is 10.3 Å². The van der Waals surface area contributed by atoms with Gasteiger partial charge in [0.05, 0.1) is 5.52 Å². The number of fused-ring (bicyclic) bond motifs is 3. The zero-order valence-electron chi connectivity index (χ0n) is 14.4. The number of anilines is 1. The SMILES string of the molecule is Cc1ccc(C(=O)Nc2ccc3c4c(c(=O)[nH]c3c2)CCC4)cc1C. The number of aryl methyl sites for hydroxylation is 3. The minimum absolute atomic E-state index is 0.00219. The van der Waals surface area contributed by atoms with E-state index in [0.29, 0.717) is 11.3 Å². The Morgan fingerprint density at radius 2 is 1.80 bits per heavy atom. The molecule has 4 heteroatoms. The van der Waals surface area contributed by atoms with E-state index >= 15 is 0 Å². The third-order valence-corrected chi connectivity index (χ3v) is 5.11. The van der Waals surface area contributed by atoms with Crippen molar-refractivity contribution >= 4 is 22.5 Å². The van der Waals surface area contributed by atoms with E-state index in [4.69, 9.17) is 0 Å². The Morgan fingerprint density at radius 1 is 1.00 bits per heavy atom. The Bertz CT molecular complexity index is 1060. The molecule has 1 amide bonds. The maximum Gasteiger partial charge on any atom is 0.255 e. The molecule has 4 nitrogen and oxygen atoms in total. The first kappa shape index (κ1) is 15.6. The summed E-state index contributed by atoms with van der Waals surface area (Å²) >= 11 is 0. The zero-order chi connectivity index (χ0) is 17.6. The molecule has 0 unspecified atom stereocenters. The van der Waals surface area contributed by atoms with E-state index in [2.05, 4.69) is 10.3 Å². The van der Waals surface area contributed by atoms with E-state index in [-0.39, 0.29) is 11.5 Å². The van der Waals surface area contributed by atoms with Gasteiger partial charge in [0.15, 0.2) is 0 Å². The lowest BCUT2D eigenvalue weighted by atomic mass is 10.0. The lowest BCUT2D eigenvalue weighted by Gasteiger charge is -2.10. The highest BCUT2D eigenvalue weighted by Gasteiger charge is 2.18. The van der Waals surface area contributed by atoms with Gasteiger partial charge in [-0.15, -0.1) is 0 Å². The summed E-state index contributed by atoms with van der Waals surface area (Å²) in [6, 6.07) is 11.4. The van der Waals surface area contributed by atoms with Crippen LogP contribution in [0.3, 0.4) is 0 Å². The third kappa shape index (κ3) is 2.74. The van der Waals surface area contributed by atoms with Crippen molar-refractivity contribution in [2.45, 2.75) is 33.1 Å². The van der Waals surface area contributed by atoms with E-state index < -0.39 is 0 Å². The van der Waals surface area contributed by atoms with Crippen LogP contribution in [-0.4, -0.2) is 10.9 Å². The van der Waals surface area contributed by atoms with Crippen LogP contribution in [-0.2, 0) is 12.8 Å². The van der Waals surface area contributed by atoms with Crippen LogP contribution in [0.5, 0.6) is 0 Å². The van der Waals surface area contributed by atoms with Crippen LogP contribution in [0.4, 0.5) is 5.69 Å². The quantitative estimate of drug-likeness (QED) is 0.748. The molecule has 0 saturated heterocycles. The summed E-state index contributed by atoms with van der Waals surface area (Å²) in [7, 11) is 0. The van der Waals surface area contributed by atoms with Crippen LogP contribution < -0.4 is 10.9 Å². The van der Waals surface area contributed by atoms with Gasteiger partial charge in [-0.1, -0.05) is 12.1 Å². The molecule has 25 heavy (non-hydrogen) atoms. The Hall–Kier alpha value is -2.88. The van der Waals surface area contributed by atoms with Crippen LogP contribution in [0.2, 0.25) is 0 Å². The van der Waals surface area contributed by atoms with Crippen molar-refractivity contribution in [3.63, 3.8) is 0 Å². The highest BCUT2D eigenvalue weighted by molar-refractivity contribution is 6.05. The van der Waals surface area contributed by atoms with Crippen molar-refractivity contribution in [2.75, 3.05) is 5.32 Å². The second-order valence-corrected chi connectivity index (χ2v) is 6.78. The molecule has 0 fully saturated rings. The van der Waals surface area contributed by atoms with Crippen molar-refractivity contribution in [1.29, 1.82) is 0 Å². The molecule has 0 saturated carbocycles. The number of benzene rings is 2. The molecule has 0 aliphatic heterocycles. The minimum atomic E-state index is -0.147. The van der Waals surface area contributed by atoms with Gasteiger partial charge in [0.1, 0.15) is 0 Å². The molecular formula is C21H20N2O2. The Balaban J connectivity index is 1.68. The van der Waals surface area contributed by atoms with Gasteiger partial charge in [-0.2, -0.15) is 0 Å². The summed E-state index contributed by atoms with van der Waals surface area (Å²) in [6.45, 7) is 4.02. The molecule has 1 aliphatic carbocycles. The number of carbonyl (C=O) groups excluding carboxylic acids is 1. The lowest BCUT2D eigenvalue weighted by molar-refractivity contribution is 0.102. The van der Waals surface area contributed by atoms with E-state index in [1.807, 2.05) is 50.2 Å². The van der Waals surface area contributed by atoms with Gasteiger partial charge in [0.2, 0.25) is 0 Å². The summed E-state index contributed by atoms with van der Waals surface area (Å²) in [4.78, 5) is 27.6. The fraction of sp³-hybridized carbons (Fsp3) is 0.238. The molecule has 3 aromatic rings. The van der Waals surface area contributed by atoms with Crippen LogP contribution in [0.25, 0.3) is 10.9 Å². The van der Waals surface area contributed by atoms with Gasteiger partial charge in [0.25, 0.3) is 11.5 Å². The molecular weight excluding hydrogens is 312 g/mol. The summed E-state index contributed by atoms with van der Waals surface area (Å²) < 4.78 is 0. The second-order valence-electron chi connectivity index (χ2n) is 6.78.